The molecule has 4 heteroatoms. The summed E-state index contributed by atoms with van der Waals surface area (Å²) in [5, 5.41) is 2.92. The molecule has 0 bridgehead atoms. The van der Waals surface area contributed by atoms with Crippen LogP contribution in [-0.2, 0) is 0 Å². The standard InChI is InChI=1S/C15H24N2O2/c1-5-19-14-7-6-12(8-13(14)16)15(18)17-9-11(4)10(2)3/h6-8,10-11H,5,9,16H2,1-4H3,(H,17,18). The second-order valence-electron chi connectivity index (χ2n) is 5.12. The number of nitrogens with one attached hydrogen (secondary N) is 1. The second-order valence-corrected chi connectivity index (χ2v) is 5.12. The summed E-state index contributed by atoms with van der Waals surface area (Å²) < 4.78 is 5.34. The third-order valence-electron chi connectivity index (χ3n) is 3.29. The van der Waals surface area contributed by atoms with Gasteiger partial charge in [-0.05, 0) is 37.0 Å². The highest BCUT2D eigenvalue weighted by Crippen LogP contribution is 2.22. The molecule has 0 aromatic heterocycles. The third-order valence-corrected chi connectivity index (χ3v) is 3.29. The lowest BCUT2D eigenvalue weighted by atomic mass is 9.98. The van der Waals surface area contributed by atoms with Gasteiger partial charge in [0.1, 0.15) is 5.75 Å². The molecule has 3 N–H and O–H groups in total. The monoisotopic (exact) mass is 264 g/mol. The van der Waals surface area contributed by atoms with Crippen LogP contribution in [-0.4, -0.2) is 19.1 Å². The lowest BCUT2D eigenvalue weighted by Crippen LogP contribution is -2.30. The van der Waals surface area contributed by atoms with Crippen LogP contribution in [0.15, 0.2) is 18.2 Å². The average Bonchev–Trinajstić information content (AvgIpc) is 2.37. The molecule has 1 aromatic rings. The van der Waals surface area contributed by atoms with Gasteiger partial charge in [-0.15, -0.1) is 0 Å². The Kier molecular flexibility index (Phi) is 5.67. The first-order chi connectivity index (χ1) is 8.95. The predicted octanol–water partition coefficient (Wildman–Crippen LogP) is 2.69. The highest BCUT2D eigenvalue weighted by atomic mass is 16.5. The minimum Gasteiger partial charge on any atom is -0.492 e. The maximum atomic E-state index is 12.0. The number of nitrogen functional groups attached to an aromatic ring is 1. The normalized spacial score (nSPS) is 12.3. The summed E-state index contributed by atoms with van der Waals surface area (Å²) in [5.41, 5.74) is 6.90. The molecule has 0 saturated carbocycles. The van der Waals surface area contributed by atoms with E-state index in [0.717, 1.165) is 0 Å². The van der Waals surface area contributed by atoms with Crippen LogP contribution in [0, 0.1) is 11.8 Å². The van der Waals surface area contributed by atoms with Crippen molar-refractivity contribution in [3.63, 3.8) is 0 Å². The van der Waals surface area contributed by atoms with Crippen molar-refractivity contribution in [2.24, 2.45) is 11.8 Å². The lowest BCUT2D eigenvalue weighted by molar-refractivity contribution is 0.0945. The van der Waals surface area contributed by atoms with Crippen LogP contribution in [0.5, 0.6) is 5.75 Å². The average molecular weight is 264 g/mol. The fourth-order valence-corrected chi connectivity index (χ4v) is 1.57. The third kappa shape index (κ3) is 4.47. The van der Waals surface area contributed by atoms with Gasteiger partial charge in [0.2, 0.25) is 0 Å². The Bertz CT molecular complexity index is 430. The van der Waals surface area contributed by atoms with Crippen LogP contribution >= 0.6 is 0 Å². The van der Waals surface area contributed by atoms with Crippen LogP contribution in [0.1, 0.15) is 38.1 Å². The predicted molar refractivity (Wildman–Crippen MR) is 78.4 cm³/mol. The second kappa shape index (κ2) is 7.02. The maximum absolute atomic E-state index is 12.0. The first kappa shape index (κ1) is 15.3. The molecule has 0 radical (unpaired) electrons. The summed E-state index contributed by atoms with van der Waals surface area (Å²) in [6, 6.07) is 5.12. The molecule has 0 heterocycles. The molecule has 106 valence electrons. The zero-order valence-corrected chi connectivity index (χ0v) is 12.2. The topological polar surface area (TPSA) is 64.3 Å². The highest BCUT2D eigenvalue weighted by molar-refractivity contribution is 5.95. The van der Waals surface area contributed by atoms with E-state index in [1.165, 1.54) is 0 Å². The van der Waals surface area contributed by atoms with Crippen LogP contribution in [0.4, 0.5) is 5.69 Å². The van der Waals surface area contributed by atoms with Gasteiger partial charge in [0.05, 0.1) is 12.3 Å². The fraction of sp³-hybridized carbons (Fsp3) is 0.533. The molecule has 1 unspecified atom stereocenters. The van der Waals surface area contributed by atoms with Gasteiger partial charge in [-0.25, -0.2) is 0 Å². The number of anilines is 1. The van der Waals surface area contributed by atoms with E-state index in [4.69, 9.17) is 10.5 Å². The number of hydrogen-bond donors (Lipinski definition) is 2. The molecule has 0 fully saturated rings. The van der Waals surface area contributed by atoms with Gasteiger partial charge in [0.25, 0.3) is 5.91 Å². The Balaban J connectivity index is 2.65. The van der Waals surface area contributed by atoms with Crippen LogP contribution < -0.4 is 15.8 Å². The largest absolute Gasteiger partial charge is 0.492 e. The van der Waals surface area contributed by atoms with Crippen LogP contribution in [0.2, 0.25) is 0 Å². The molecular weight excluding hydrogens is 240 g/mol. The zero-order chi connectivity index (χ0) is 14.4. The minimum atomic E-state index is -0.0951. The van der Waals surface area contributed by atoms with Gasteiger partial charge in [-0.2, -0.15) is 0 Å². The van der Waals surface area contributed by atoms with Gasteiger partial charge >= 0.3 is 0 Å². The van der Waals surface area contributed by atoms with Gasteiger partial charge in [0, 0.05) is 12.1 Å². The lowest BCUT2D eigenvalue weighted by Gasteiger charge is -2.16. The molecule has 0 saturated heterocycles. The number of nitrogens with two attached hydrogens (primary N) is 1. The first-order valence-electron chi connectivity index (χ1n) is 6.76. The van der Waals surface area contributed by atoms with E-state index >= 15 is 0 Å². The number of carbonyl (C=O) groups excluding carboxylic acids is 1. The summed E-state index contributed by atoms with van der Waals surface area (Å²) >= 11 is 0. The van der Waals surface area contributed by atoms with E-state index in [1.807, 2.05) is 6.92 Å². The molecule has 1 amide bonds. The Labute approximate surface area is 115 Å². The van der Waals surface area contributed by atoms with E-state index in [1.54, 1.807) is 18.2 Å². The summed E-state index contributed by atoms with van der Waals surface area (Å²) in [5.74, 6) is 1.52. The summed E-state index contributed by atoms with van der Waals surface area (Å²) in [7, 11) is 0. The quantitative estimate of drug-likeness (QED) is 0.776. The Morgan fingerprint density at radius 2 is 2.05 bits per heavy atom. The van der Waals surface area contributed by atoms with E-state index in [2.05, 4.69) is 26.1 Å². The fourth-order valence-electron chi connectivity index (χ4n) is 1.57. The van der Waals surface area contributed by atoms with Crippen molar-refractivity contribution in [2.75, 3.05) is 18.9 Å². The van der Waals surface area contributed by atoms with E-state index in [-0.39, 0.29) is 5.91 Å². The van der Waals surface area contributed by atoms with Gasteiger partial charge in [-0.3, -0.25) is 4.79 Å². The van der Waals surface area contributed by atoms with E-state index in [0.29, 0.717) is 42.0 Å². The molecule has 1 rings (SSSR count). The molecule has 0 aliphatic rings. The number of carbonyl (C=O) groups is 1. The maximum Gasteiger partial charge on any atom is 0.251 e. The van der Waals surface area contributed by atoms with Crippen molar-refractivity contribution in [1.82, 2.24) is 5.32 Å². The SMILES string of the molecule is CCOc1ccc(C(=O)NCC(C)C(C)C)cc1N. The molecule has 0 spiro atoms. The molecule has 1 aromatic carbocycles. The number of ether oxygens (including phenoxy) is 1. The van der Waals surface area contributed by atoms with Crippen molar-refractivity contribution in [3.8, 4) is 5.75 Å². The summed E-state index contributed by atoms with van der Waals surface area (Å²) in [4.78, 5) is 12.0. The minimum absolute atomic E-state index is 0.0951. The van der Waals surface area contributed by atoms with E-state index in [9.17, 15) is 4.79 Å². The van der Waals surface area contributed by atoms with Crippen molar-refractivity contribution in [1.29, 1.82) is 0 Å². The smallest absolute Gasteiger partial charge is 0.251 e. The first-order valence-corrected chi connectivity index (χ1v) is 6.76. The van der Waals surface area contributed by atoms with Crippen molar-refractivity contribution < 1.29 is 9.53 Å². The summed E-state index contributed by atoms with van der Waals surface area (Å²) in [6.07, 6.45) is 0. The van der Waals surface area contributed by atoms with Crippen LogP contribution in [0.3, 0.4) is 0 Å². The molecule has 1 atom stereocenters. The van der Waals surface area contributed by atoms with Gasteiger partial charge in [0.15, 0.2) is 0 Å². The van der Waals surface area contributed by atoms with Crippen molar-refractivity contribution >= 4 is 11.6 Å². The summed E-state index contributed by atoms with van der Waals surface area (Å²) in [6.45, 7) is 9.54. The Hall–Kier alpha value is -1.71. The molecular formula is C15H24N2O2. The number of hydrogen-bond acceptors (Lipinski definition) is 3. The number of amides is 1. The number of rotatable bonds is 6. The Morgan fingerprint density at radius 1 is 1.37 bits per heavy atom. The molecule has 4 nitrogen and oxygen atoms in total. The Morgan fingerprint density at radius 3 is 2.58 bits per heavy atom. The van der Waals surface area contributed by atoms with Crippen molar-refractivity contribution in [2.45, 2.75) is 27.7 Å². The van der Waals surface area contributed by atoms with Crippen molar-refractivity contribution in [3.05, 3.63) is 23.8 Å². The molecule has 19 heavy (non-hydrogen) atoms. The van der Waals surface area contributed by atoms with Gasteiger partial charge in [-0.1, -0.05) is 20.8 Å². The van der Waals surface area contributed by atoms with E-state index < -0.39 is 0 Å². The highest BCUT2D eigenvalue weighted by Gasteiger charge is 2.11. The van der Waals surface area contributed by atoms with Crippen LogP contribution in [0.25, 0.3) is 0 Å². The molecule has 0 aliphatic carbocycles. The van der Waals surface area contributed by atoms with Gasteiger partial charge < -0.3 is 15.8 Å². The zero-order valence-electron chi connectivity index (χ0n) is 12.2. The number of benzene rings is 1. The molecule has 0 aliphatic heterocycles.